The lowest BCUT2D eigenvalue weighted by Crippen LogP contribution is -2.39. The number of aryl methyl sites for hydroxylation is 1. The first-order valence-corrected chi connectivity index (χ1v) is 9.65. The van der Waals surface area contributed by atoms with Crippen LogP contribution >= 0.6 is 24.0 Å². The maximum atomic E-state index is 12.3. The van der Waals surface area contributed by atoms with Crippen LogP contribution in [0.25, 0.3) is 0 Å². The molecular formula is C18H26N2OS2. The van der Waals surface area contributed by atoms with E-state index >= 15 is 0 Å². The average Bonchev–Trinajstić information content (AvgIpc) is 3.08. The maximum Gasteiger partial charge on any atom is 0.233 e. The van der Waals surface area contributed by atoms with Crippen LogP contribution in [-0.2, 0) is 11.2 Å². The van der Waals surface area contributed by atoms with Crippen molar-refractivity contribution in [1.29, 1.82) is 0 Å². The lowest BCUT2D eigenvalue weighted by atomic mass is 10.1. The molecule has 1 N–H and O–H groups in total. The minimum atomic E-state index is -0.137. The summed E-state index contributed by atoms with van der Waals surface area (Å²) in [7, 11) is 0. The Kier molecular flexibility index (Phi) is 7.37. The predicted octanol–water partition coefficient (Wildman–Crippen LogP) is 3.63. The number of nitrogens with zero attached hydrogens (tertiary/aromatic N) is 1. The number of carbonyl (C=O) groups excluding carboxylic acids is 1. The van der Waals surface area contributed by atoms with E-state index in [4.69, 9.17) is 12.2 Å². The van der Waals surface area contributed by atoms with Crippen LogP contribution < -0.4 is 5.32 Å². The van der Waals surface area contributed by atoms with Crippen LogP contribution in [0.1, 0.15) is 38.7 Å². The predicted molar refractivity (Wildman–Crippen MR) is 103 cm³/mol. The van der Waals surface area contributed by atoms with Crippen LogP contribution in [-0.4, -0.2) is 39.5 Å². The number of likely N-dealkylation sites (tertiary alicyclic amines) is 1. The van der Waals surface area contributed by atoms with Crippen molar-refractivity contribution < 1.29 is 4.79 Å². The molecule has 2 atom stereocenters. The molecule has 3 nitrogen and oxygen atoms in total. The first-order valence-electron chi connectivity index (χ1n) is 8.36. The zero-order valence-electron chi connectivity index (χ0n) is 14.0. The molecule has 0 unspecified atom stereocenters. The number of thioether (sulfide) groups is 1. The molecule has 0 saturated carbocycles. The third kappa shape index (κ3) is 6.15. The van der Waals surface area contributed by atoms with E-state index in [2.05, 4.69) is 41.4 Å². The van der Waals surface area contributed by atoms with E-state index in [1.807, 2.05) is 13.0 Å². The normalized spacial score (nSPS) is 16.9. The molecule has 1 saturated heterocycles. The van der Waals surface area contributed by atoms with Gasteiger partial charge in [-0.25, -0.2) is 0 Å². The summed E-state index contributed by atoms with van der Waals surface area (Å²) in [6.07, 6.45) is 4.34. The molecule has 1 aromatic carbocycles. The summed E-state index contributed by atoms with van der Waals surface area (Å²) in [6.45, 7) is 6.07. The molecule has 0 bridgehead atoms. The van der Waals surface area contributed by atoms with Crippen LogP contribution in [0.2, 0.25) is 0 Å². The molecule has 0 radical (unpaired) electrons. The molecule has 126 valence electrons. The van der Waals surface area contributed by atoms with E-state index in [1.54, 1.807) is 0 Å². The summed E-state index contributed by atoms with van der Waals surface area (Å²) >= 11 is 6.95. The minimum Gasteiger partial charge on any atom is -0.358 e. The fourth-order valence-electron chi connectivity index (χ4n) is 2.64. The van der Waals surface area contributed by atoms with E-state index in [0.29, 0.717) is 0 Å². The van der Waals surface area contributed by atoms with Gasteiger partial charge in [0.1, 0.15) is 4.32 Å². The molecule has 1 amide bonds. The number of carbonyl (C=O) groups is 1. The van der Waals surface area contributed by atoms with Crippen molar-refractivity contribution in [3.8, 4) is 0 Å². The summed E-state index contributed by atoms with van der Waals surface area (Å²) in [5.41, 5.74) is 1.31. The van der Waals surface area contributed by atoms with Gasteiger partial charge in [0.05, 0.1) is 5.25 Å². The van der Waals surface area contributed by atoms with Gasteiger partial charge in [-0.2, -0.15) is 0 Å². The van der Waals surface area contributed by atoms with E-state index < -0.39 is 0 Å². The zero-order valence-corrected chi connectivity index (χ0v) is 15.6. The molecule has 5 heteroatoms. The van der Waals surface area contributed by atoms with Gasteiger partial charge in [0.2, 0.25) is 5.91 Å². The topological polar surface area (TPSA) is 32.3 Å². The second kappa shape index (κ2) is 9.28. The Hall–Kier alpha value is -1.07. The van der Waals surface area contributed by atoms with Gasteiger partial charge in [0.25, 0.3) is 0 Å². The highest BCUT2D eigenvalue weighted by Gasteiger charge is 2.22. The van der Waals surface area contributed by atoms with Gasteiger partial charge in [-0.3, -0.25) is 4.79 Å². The second-order valence-electron chi connectivity index (χ2n) is 6.15. The van der Waals surface area contributed by atoms with Crippen LogP contribution in [0.3, 0.4) is 0 Å². The van der Waals surface area contributed by atoms with Gasteiger partial charge >= 0.3 is 0 Å². The second-order valence-corrected chi connectivity index (χ2v) is 8.13. The number of hydrogen-bond acceptors (Lipinski definition) is 3. The van der Waals surface area contributed by atoms with Crippen molar-refractivity contribution in [2.75, 3.05) is 13.1 Å². The van der Waals surface area contributed by atoms with E-state index in [9.17, 15) is 4.79 Å². The van der Waals surface area contributed by atoms with Gasteiger partial charge < -0.3 is 10.2 Å². The Balaban J connectivity index is 1.70. The van der Waals surface area contributed by atoms with Crippen molar-refractivity contribution in [2.45, 2.75) is 50.8 Å². The molecule has 1 fully saturated rings. The first-order chi connectivity index (χ1) is 11.1. The number of rotatable bonds is 6. The van der Waals surface area contributed by atoms with Crippen LogP contribution in [0.5, 0.6) is 0 Å². The standard InChI is InChI=1S/C18H26N2OS2/c1-14(10-11-16-8-4-3-5-9-16)19-17(21)15(2)23-18(22)20-12-6-7-13-20/h3-5,8-9,14-15H,6-7,10-13H2,1-2H3,(H,19,21)/t14-,15+/m0/s1. The fourth-order valence-corrected chi connectivity index (χ4v) is 4.06. The number of hydrogen-bond donors (Lipinski definition) is 1. The smallest absolute Gasteiger partial charge is 0.233 e. The van der Waals surface area contributed by atoms with Crippen LogP contribution in [0.15, 0.2) is 30.3 Å². The Morgan fingerprint density at radius 2 is 1.91 bits per heavy atom. The number of benzene rings is 1. The molecule has 1 aliphatic heterocycles. The molecule has 23 heavy (non-hydrogen) atoms. The molecule has 1 heterocycles. The largest absolute Gasteiger partial charge is 0.358 e. The molecule has 1 aromatic rings. The van der Waals surface area contributed by atoms with E-state index in [0.717, 1.165) is 30.3 Å². The summed E-state index contributed by atoms with van der Waals surface area (Å²) in [5.74, 6) is 0.0807. The number of amides is 1. The minimum absolute atomic E-state index is 0.0807. The van der Waals surface area contributed by atoms with Gasteiger partial charge in [-0.1, -0.05) is 54.3 Å². The quantitative estimate of drug-likeness (QED) is 0.794. The number of thiocarbonyl (C=S) groups is 1. The molecule has 0 aliphatic carbocycles. The molecule has 1 aliphatic rings. The Morgan fingerprint density at radius 1 is 1.26 bits per heavy atom. The van der Waals surface area contributed by atoms with Crippen LogP contribution in [0, 0.1) is 0 Å². The zero-order chi connectivity index (χ0) is 16.7. The first kappa shape index (κ1) is 18.3. The lowest BCUT2D eigenvalue weighted by Gasteiger charge is -2.21. The molecular weight excluding hydrogens is 324 g/mol. The summed E-state index contributed by atoms with van der Waals surface area (Å²) in [5, 5.41) is 2.97. The van der Waals surface area contributed by atoms with Crippen molar-refractivity contribution in [3.63, 3.8) is 0 Å². The van der Waals surface area contributed by atoms with Gasteiger partial charge in [0, 0.05) is 19.1 Å². The lowest BCUT2D eigenvalue weighted by molar-refractivity contribution is -0.120. The van der Waals surface area contributed by atoms with Crippen molar-refractivity contribution in [2.24, 2.45) is 0 Å². The van der Waals surface area contributed by atoms with Crippen molar-refractivity contribution in [1.82, 2.24) is 10.2 Å². The highest BCUT2D eigenvalue weighted by atomic mass is 32.2. The monoisotopic (exact) mass is 350 g/mol. The van der Waals surface area contributed by atoms with Gasteiger partial charge in [0.15, 0.2) is 0 Å². The summed E-state index contributed by atoms with van der Waals surface area (Å²) in [6, 6.07) is 10.6. The Morgan fingerprint density at radius 3 is 2.57 bits per heavy atom. The molecule has 2 rings (SSSR count). The van der Waals surface area contributed by atoms with Gasteiger partial charge in [-0.15, -0.1) is 0 Å². The highest BCUT2D eigenvalue weighted by molar-refractivity contribution is 8.23. The molecule has 0 aromatic heterocycles. The highest BCUT2D eigenvalue weighted by Crippen LogP contribution is 2.20. The maximum absolute atomic E-state index is 12.3. The van der Waals surface area contributed by atoms with E-state index in [1.165, 1.54) is 30.2 Å². The van der Waals surface area contributed by atoms with Crippen molar-refractivity contribution in [3.05, 3.63) is 35.9 Å². The van der Waals surface area contributed by atoms with Crippen molar-refractivity contribution >= 4 is 34.2 Å². The Labute approximate surface area is 149 Å². The third-order valence-electron chi connectivity index (χ3n) is 4.11. The molecule has 0 spiro atoms. The van der Waals surface area contributed by atoms with Crippen LogP contribution in [0.4, 0.5) is 0 Å². The average molecular weight is 351 g/mol. The third-order valence-corrected chi connectivity index (χ3v) is 5.68. The summed E-state index contributed by atoms with van der Waals surface area (Å²) in [4.78, 5) is 14.5. The van der Waals surface area contributed by atoms with Gasteiger partial charge in [-0.05, 0) is 45.1 Å². The SMILES string of the molecule is C[C@@H](CCc1ccccc1)NC(=O)[C@@H](C)SC(=S)N1CCCC1. The fraction of sp³-hybridized carbons (Fsp3) is 0.556. The van der Waals surface area contributed by atoms with E-state index in [-0.39, 0.29) is 17.2 Å². The summed E-state index contributed by atoms with van der Waals surface area (Å²) < 4.78 is 0.863. The Bertz CT molecular complexity index is 515. The number of nitrogens with one attached hydrogen (secondary N) is 1.